The molecule has 0 aromatic rings. The van der Waals surface area contributed by atoms with Crippen molar-refractivity contribution in [2.75, 3.05) is 0 Å². The zero-order valence-electron chi connectivity index (χ0n) is 8.72. The second kappa shape index (κ2) is 3.47. The van der Waals surface area contributed by atoms with Crippen LogP contribution in [-0.4, -0.2) is 0 Å². The third-order valence-electron chi connectivity index (χ3n) is 2.40. The SMILES string of the molecule is CCCC1C=CC(C(C)(C)C)=C1. The fourth-order valence-corrected chi connectivity index (χ4v) is 1.58. The van der Waals surface area contributed by atoms with Crippen LogP contribution >= 0.6 is 0 Å². The standard InChI is InChI=1S/C12H20/c1-5-6-10-7-8-11(9-10)12(2,3)4/h7-10H,5-6H2,1-4H3. The van der Waals surface area contributed by atoms with Gasteiger partial charge in [-0.1, -0.05) is 52.3 Å². The van der Waals surface area contributed by atoms with E-state index in [4.69, 9.17) is 0 Å². The maximum Gasteiger partial charge on any atom is -0.00444 e. The Kier molecular flexibility index (Phi) is 2.76. The minimum absolute atomic E-state index is 0.332. The van der Waals surface area contributed by atoms with Crippen molar-refractivity contribution in [3.63, 3.8) is 0 Å². The lowest BCUT2D eigenvalue weighted by molar-refractivity contribution is 0.515. The van der Waals surface area contributed by atoms with E-state index in [-0.39, 0.29) is 0 Å². The predicted molar refractivity (Wildman–Crippen MR) is 55.1 cm³/mol. The summed E-state index contributed by atoms with van der Waals surface area (Å²) in [5.74, 6) is 0.712. The van der Waals surface area contributed by atoms with E-state index in [2.05, 4.69) is 45.9 Å². The van der Waals surface area contributed by atoms with E-state index in [1.807, 2.05) is 0 Å². The highest BCUT2D eigenvalue weighted by atomic mass is 14.2. The molecule has 1 rings (SSSR count). The van der Waals surface area contributed by atoms with E-state index in [1.54, 1.807) is 0 Å². The molecule has 0 nitrogen and oxygen atoms in total. The Labute approximate surface area is 76.4 Å². The Balaban J connectivity index is 2.62. The Morgan fingerprint density at radius 2 is 2.00 bits per heavy atom. The molecule has 1 atom stereocenters. The van der Waals surface area contributed by atoms with Crippen LogP contribution in [0.4, 0.5) is 0 Å². The van der Waals surface area contributed by atoms with Gasteiger partial charge in [-0.2, -0.15) is 0 Å². The second-order valence-corrected chi connectivity index (χ2v) is 4.68. The number of hydrogen-bond donors (Lipinski definition) is 0. The van der Waals surface area contributed by atoms with E-state index in [9.17, 15) is 0 Å². The van der Waals surface area contributed by atoms with E-state index in [0.29, 0.717) is 11.3 Å². The highest BCUT2D eigenvalue weighted by Crippen LogP contribution is 2.32. The molecule has 0 heteroatoms. The van der Waals surface area contributed by atoms with Crippen LogP contribution in [0, 0.1) is 11.3 Å². The largest absolute Gasteiger partial charge is 0.0773 e. The van der Waals surface area contributed by atoms with Gasteiger partial charge in [0.1, 0.15) is 0 Å². The van der Waals surface area contributed by atoms with Gasteiger partial charge in [-0.3, -0.25) is 0 Å². The molecule has 68 valence electrons. The lowest BCUT2D eigenvalue weighted by Gasteiger charge is -2.18. The van der Waals surface area contributed by atoms with Crippen LogP contribution in [0.25, 0.3) is 0 Å². The van der Waals surface area contributed by atoms with Crippen molar-refractivity contribution in [2.24, 2.45) is 11.3 Å². The molecule has 0 amide bonds. The van der Waals surface area contributed by atoms with E-state index in [0.717, 1.165) is 0 Å². The molecule has 0 aromatic carbocycles. The lowest BCUT2D eigenvalue weighted by atomic mass is 9.87. The van der Waals surface area contributed by atoms with Gasteiger partial charge in [0.25, 0.3) is 0 Å². The molecule has 0 spiro atoms. The van der Waals surface area contributed by atoms with Gasteiger partial charge in [0.05, 0.1) is 0 Å². The highest BCUT2D eigenvalue weighted by Gasteiger charge is 2.19. The Bertz CT molecular complexity index is 201. The molecule has 1 aliphatic carbocycles. The summed E-state index contributed by atoms with van der Waals surface area (Å²) in [4.78, 5) is 0. The molecule has 0 saturated carbocycles. The summed E-state index contributed by atoms with van der Waals surface area (Å²) in [5.41, 5.74) is 1.83. The third-order valence-corrected chi connectivity index (χ3v) is 2.40. The van der Waals surface area contributed by atoms with Crippen LogP contribution in [-0.2, 0) is 0 Å². The Hall–Kier alpha value is -0.520. The molecule has 0 bridgehead atoms. The molecule has 1 aliphatic rings. The van der Waals surface area contributed by atoms with Crippen LogP contribution < -0.4 is 0 Å². The molecule has 0 aliphatic heterocycles. The highest BCUT2D eigenvalue weighted by molar-refractivity contribution is 5.33. The molecule has 0 heterocycles. The summed E-state index contributed by atoms with van der Waals surface area (Å²) in [6.45, 7) is 9.07. The van der Waals surface area contributed by atoms with Crippen molar-refractivity contribution in [3.05, 3.63) is 23.8 Å². The summed E-state index contributed by atoms with van der Waals surface area (Å²) >= 11 is 0. The molecule has 0 N–H and O–H groups in total. The van der Waals surface area contributed by atoms with Crippen molar-refractivity contribution >= 4 is 0 Å². The van der Waals surface area contributed by atoms with Gasteiger partial charge in [-0.05, 0) is 23.3 Å². The number of allylic oxidation sites excluding steroid dienone is 4. The maximum atomic E-state index is 2.42. The normalized spacial score (nSPS) is 23.0. The Morgan fingerprint density at radius 1 is 1.33 bits per heavy atom. The fourth-order valence-electron chi connectivity index (χ4n) is 1.58. The van der Waals surface area contributed by atoms with Crippen molar-refractivity contribution in [3.8, 4) is 0 Å². The molecular formula is C12H20. The summed E-state index contributed by atoms with van der Waals surface area (Å²) in [6, 6.07) is 0. The second-order valence-electron chi connectivity index (χ2n) is 4.68. The summed E-state index contributed by atoms with van der Waals surface area (Å²) < 4.78 is 0. The first kappa shape index (κ1) is 9.57. The summed E-state index contributed by atoms with van der Waals surface area (Å²) in [7, 11) is 0. The third kappa shape index (κ3) is 2.23. The first-order chi connectivity index (χ1) is 5.54. The van der Waals surface area contributed by atoms with Gasteiger partial charge in [0, 0.05) is 0 Å². The maximum absolute atomic E-state index is 2.42. The van der Waals surface area contributed by atoms with Crippen molar-refractivity contribution in [1.29, 1.82) is 0 Å². The molecule has 1 unspecified atom stereocenters. The number of hydrogen-bond acceptors (Lipinski definition) is 0. The van der Waals surface area contributed by atoms with E-state index >= 15 is 0 Å². The van der Waals surface area contributed by atoms with Crippen LogP contribution in [0.1, 0.15) is 40.5 Å². The van der Waals surface area contributed by atoms with Gasteiger partial charge in [0.2, 0.25) is 0 Å². The van der Waals surface area contributed by atoms with Crippen molar-refractivity contribution < 1.29 is 0 Å². The van der Waals surface area contributed by atoms with Crippen molar-refractivity contribution in [1.82, 2.24) is 0 Å². The van der Waals surface area contributed by atoms with E-state index < -0.39 is 0 Å². The monoisotopic (exact) mass is 164 g/mol. The quantitative estimate of drug-likeness (QED) is 0.580. The van der Waals surface area contributed by atoms with Gasteiger partial charge < -0.3 is 0 Å². The fraction of sp³-hybridized carbons (Fsp3) is 0.667. The van der Waals surface area contributed by atoms with Crippen molar-refractivity contribution in [2.45, 2.75) is 40.5 Å². The zero-order valence-corrected chi connectivity index (χ0v) is 8.72. The van der Waals surface area contributed by atoms with E-state index in [1.165, 1.54) is 18.4 Å². The Morgan fingerprint density at radius 3 is 2.42 bits per heavy atom. The van der Waals surface area contributed by atoms with Crippen LogP contribution in [0.2, 0.25) is 0 Å². The minimum atomic E-state index is 0.332. The zero-order chi connectivity index (χ0) is 9.19. The first-order valence-electron chi connectivity index (χ1n) is 4.94. The average Bonchev–Trinajstić information content (AvgIpc) is 2.35. The molecular weight excluding hydrogens is 144 g/mol. The predicted octanol–water partition coefficient (Wildman–Crippen LogP) is 3.95. The average molecular weight is 164 g/mol. The number of rotatable bonds is 2. The molecule has 0 radical (unpaired) electrons. The first-order valence-corrected chi connectivity index (χ1v) is 4.94. The topological polar surface area (TPSA) is 0 Å². The van der Waals surface area contributed by atoms with Gasteiger partial charge >= 0.3 is 0 Å². The van der Waals surface area contributed by atoms with Gasteiger partial charge in [-0.25, -0.2) is 0 Å². The van der Waals surface area contributed by atoms with Crippen LogP contribution in [0.15, 0.2) is 23.8 Å². The van der Waals surface area contributed by atoms with Gasteiger partial charge in [-0.15, -0.1) is 0 Å². The van der Waals surface area contributed by atoms with Crippen LogP contribution in [0.5, 0.6) is 0 Å². The summed E-state index contributed by atoms with van der Waals surface area (Å²) in [5, 5.41) is 0. The molecule has 0 aromatic heterocycles. The molecule has 0 fully saturated rings. The van der Waals surface area contributed by atoms with Crippen LogP contribution in [0.3, 0.4) is 0 Å². The summed E-state index contributed by atoms with van der Waals surface area (Å²) in [6.07, 6.45) is 9.63. The minimum Gasteiger partial charge on any atom is -0.0773 e. The molecule has 0 saturated heterocycles. The van der Waals surface area contributed by atoms with Gasteiger partial charge in [0.15, 0.2) is 0 Å². The lowest BCUT2D eigenvalue weighted by Crippen LogP contribution is -2.06. The smallest absolute Gasteiger partial charge is 0.00444 e. The molecule has 12 heavy (non-hydrogen) atoms.